The smallest absolute Gasteiger partial charge is 0.244 e. The quantitative estimate of drug-likeness (QED) is 0.399. The van der Waals surface area contributed by atoms with Crippen molar-refractivity contribution in [2.24, 2.45) is 0 Å². The lowest BCUT2D eigenvalue weighted by Crippen LogP contribution is -2.50. The van der Waals surface area contributed by atoms with Gasteiger partial charge in [0.25, 0.3) is 0 Å². The maximum absolute atomic E-state index is 13.5. The molecule has 2 aromatic carbocycles. The molecule has 0 unspecified atom stereocenters. The summed E-state index contributed by atoms with van der Waals surface area (Å²) in [5.41, 5.74) is 1.24. The van der Waals surface area contributed by atoms with E-state index in [1.54, 1.807) is 35.4 Å². The molecule has 0 bridgehead atoms. The molecular weight excluding hydrogens is 478 g/mol. The summed E-state index contributed by atoms with van der Waals surface area (Å²) in [6, 6.07) is 13.5. The van der Waals surface area contributed by atoms with E-state index in [1.807, 2.05) is 25.1 Å². The summed E-state index contributed by atoms with van der Waals surface area (Å²) in [6.07, 6.45) is 1.73. The maximum atomic E-state index is 13.5. The van der Waals surface area contributed by atoms with Crippen LogP contribution in [0.2, 0.25) is 0 Å². The van der Waals surface area contributed by atoms with Gasteiger partial charge in [0.15, 0.2) is 11.6 Å². The second-order valence-electron chi connectivity index (χ2n) is 8.91. The normalized spacial score (nSPS) is 13.6. The van der Waals surface area contributed by atoms with Crippen LogP contribution in [0.4, 0.5) is 20.5 Å². The molecule has 0 radical (unpaired) electrons. The number of hydrogen-bond donors (Lipinski definition) is 0. The Labute approximate surface area is 213 Å². The number of halogens is 2. The van der Waals surface area contributed by atoms with Crippen molar-refractivity contribution in [3.05, 3.63) is 72.4 Å². The molecule has 9 nitrogen and oxygen atoms in total. The van der Waals surface area contributed by atoms with Crippen molar-refractivity contribution in [3.63, 3.8) is 0 Å². The number of carbonyl (C=O) groups is 1. The van der Waals surface area contributed by atoms with E-state index < -0.39 is 0 Å². The zero-order valence-corrected chi connectivity index (χ0v) is 20.6. The number of benzene rings is 2. The zero-order chi connectivity index (χ0) is 25.9. The summed E-state index contributed by atoms with van der Waals surface area (Å²) < 4.78 is 28.5. The SMILES string of the molecule is CN(C)c1ccnc(N2CCN(C(=O)Cn3nc(-c4ccc(F)cc4)nc3-c3ccc(F)cc3)CC2)n1. The topological polar surface area (TPSA) is 83.3 Å². The Morgan fingerprint density at radius 3 is 2.11 bits per heavy atom. The first kappa shape index (κ1) is 24.3. The van der Waals surface area contributed by atoms with Crippen LogP contribution in [0.3, 0.4) is 0 Å². The van der Waals surface area contributed by atoms with Crippen LogP contribution in [0.5, 0.6) is 0 Å². The Kier molecular flexibility index (Phi) is 6.76. The number of rotatable bonds is 6. The maximum Gasteiger partial charge on any atom is 0.244 e. The molecule has 190 valence electrons. The summed E-state index contributed by atoms with van der Waals surface area (Å²) in [5, 5.41) is 4.54. The molecule has 2 aromatic heterocycles. The third-order valence-corrected chi connectivity index (χ3v) is 6.16. The lowest BCUT2D eigenvalue weighted by Gasteiger charge is -2.35. The van der Waals surface area contributed by atoms with E-state index in [0.29, 0.717) is 54.9 Å². The van der Waals surface area contributed by atoms with Gasteiger partial charge in [-0.3, -0.25) is 4.79 Å². The van der Waals surface area contributed by atoms with Crippen molar-refractivity contribution in [2.75, 3.05) is 50.1 Å². The van der Waals surface area contributed by atoms with Gasteiger partial charge < -0.3 is 14.7 Å². The molecule has 11 heteroatoms. The molecule has 0 N–H and O–H groups in total. The van der Waals surface area contributed by atoms with Crippen LogP contribution in [0.1, 0.15) is 0 Å². The number of carbonyl (C=O) groups excluding carboxylic acids is 1. The van der Waals surface area contributed by atoms with Gasteiger partial charge in [0.2, 0.25) is 11.9 Å². The summed E-state index contributed by atoms with van der Waals surface area (Å²) >= 11 is 0. The van der Waals surface area contributed by atoms with E-state index >= 15 is 0 Å². The van der Waals surface area contributed by atoms with Crippen LogP contribution >= 0.6 is 0 Å². The van der Waals surface area contributed by atoms with Crippen molar-refractivity contribution in [1.82, 2.24) is 29.6 Å². The molecule has 1 aliphatic rings. The van der Waals surface area contributed by atoms with Gasteiger partial charge in [0.1, 0.15) is 24.0 Å². The van der Waals surface area contributed by atoms with Crippen LogP contribution in [0, 0.1) is 11.6 Å². The highest BCUT2D eigenvalue weighted by Crippen LogP contribution is 2.24. The molecule has 1 amide bonds. The van der Waals surface area contributed by atoms with Gasteiger partial charge >= 0.3 is 0 Å². The van der Waals surface area contributed by atoms with Crippen LogP contribution in [-0.2, 0) is 11.3 Å². The van der Waals surface area contributed by atoms with Crippen molar-refractivity contribution < 1.29 is 13.6 Å². The summed E-state index contributed by atoms with van der Waals surface area (Å²) in [4.78, 5) is 32.6. The Bertz CT molecular complexity index is 1380. The number of aromatic nitrogens is 5. The van der Waals surface area contributed by atoms with E-state index in [0.717, 1.165) is 5.82 Å². The molecule has 1 fully saturated rings. The fraction of sp³-hybridized carbons (Fsp3) is 0.269. The van der Waals surface area contributed by atoms with Crippen LogP contribution in [-0.4, -0.2) is 75.8 Å². The molecule has 1 saturated heterocycles. The first-order chi connectivity index (χ1) is 17.9. The van der Waals surface area contributed by atoms with Crippen molar-refractivity contribution in [2.45, 2.75) is 6.54 Å². The number of hydrogen-bond acceptors (Lipinski definition) is 7. The van der Waals surface area contributed by atoms with Gasteiger partial charge in [-0.25, -0.2) is 23.4 Å². The predicted octanol–water partition coefficient (Wildman–Crippen LogP) is 3.10. The minimum absolute atomic E-state index is 0.0342. The Hall–Kier alpha value is -4.41. The van der Waals surface area contributed by atoms with Gasteiger partial charge in [-0.05, 0) is 54.6 Å². The fourth-order valence-corrected chi connectivity index (χ4v) is 4.11. The zero-order valence-electron chi connectivity index (χ0n) is 20.6. The second-order valence-corrected chi connectivity index (χ2v) is 8.91. The molecule has 37 heavy (non-hydrogen) atoms. The molecule has 0 saturated carbocycles. The summed E-state index contributed by atoms with van der Waals surface area (Å²) in [7, 11) is 3.85. The van der Waals surface area contributed by atoms with Gasteiger partial charge in [0, 0.05) is 57.6 Å². The van der Waals surface area contributed by atoms with Gasteiger partial charge in [-0.1, -0.05) is 0 Å². The predicted molar refractivity (Wildman–Crippen MR) is 136 cm³/mol. The molecule has 0 spiro atoms. The third-order valence-electron chi connectivity index (χ3n) is 6.16. The standard InChI is InChI=1S/C26H26F2N8O/c1-33(2)22-11-12-29-26(30-22)35-15-13-34(14-16-35)23(37)17-36-25(19-5-9-21(28)10-6-19)31-24(32-36)18-3-7-20(27)8-4-18/h3-12H,13-17H2,1-2H3. The highest BCUT2D eigenvalue weighted by Gasteiger charge is 2.25. The number of piperazine rings is 1. The average molecular weight is 505 g/mol. The molecule has 3 heterocycles. The lowest BCUT2D eigenvalue weighted by molar-refractivity contribution is -0.132. The molecular formula is C26H26F2N8O. The van der Waals surface area contributed by atoms with Crippen molar-refractivity contribution in [3.8, 4) is 22.8 Å². The summed E-state index contributed by atoms with van der Waals surface area (Å²) in [6.45, 7) is 2.20. The van der Waals surface area contributed by atoms with Crippen molar-refractivity contribution in [1.29, 1.82) is 0 Å². The lowest BCUT2D eigenvalue weighted by atomic mass is 10.2. The third kappa shape index (κ3) is 5.40. The molecule has 1 aliphatic heterocycles. The fourth-order valence-electron chi connectivity index (χ4n) is 4.11. The minimum Gasteiger partial charge on any atom is -0.363 e. The molecule has 5 rings (SSSR count). The summed E-state index contributed by atoms with van der Waals surface area (Å²) in [5.74, 6) is 1.39. The average Bonchev–Trinajstić information content (AvgIpc) is 3.33. The highest BCUT2D eigenvalue weighted by molar-refractivity contribution is 5.77. The minimum atomic E-state index is -0.373. The first-order valence-corrected chi connectivity index (χ1v) is 11.9. The Balaban J connectivity index is 1.33. The first-order valence-electron chi connectivity index (χ1n) is 11.9. The van der Waals surface area contributed by atoms with Crippen LogP contribution in [0.25, 0.3) is 22.8 Å². The Morgan fingerprint density at radius 1 is 0.865 bits per heavy atom. The van der Waals surface area contributed by atoms with Gasteiger partial charge in [-0.15, -0.1) is 5.10 Å². The van der Waals surface area contributed by atoms with Gasteiger partial charge in [-0.2, -0.15) is 4.98 Å². The monoisotopic (exact) mass is 504 g/mol. The van der Waals surface area contributed by atoms with E-state index in [2.05, 4.69) is 25.0 Å². The van der Waals surface area contributed by atoms with E-state index in [1.165, 1.54) is 28.9 Å². The highest BCUT2D eigenvalue weighted by atomic mass is 19.1. The van der Waals surface area contributed by atoms with Gasteiger partial charge in [0.05, 0.1) is 0 Å². The number of nitrogens with zero attached hydrogens (tertiary/aromatic N) is 8. The second kappa shape index (κ2) is 10.3. The van der Waals surface area contributed by atoms with E-state index in [-0.39, 0.29) is 24.1 Å². The molecule has 0 aliphatic carbocycles. The van der Waals surface area contributed by atoms with Crippen molar-refractivity contribution >= 4 is 17.7 Å². The largest absolute Gasteiger partial charge is 0.363 e. The number of amides is 1. The van der Waals surface area contributed by atoms with Crippen LogP contribution in [0.15, 0.2) is 60.8 Å². The molecule has 0 atom stereocenters. The van der Waals surface area contributed by atoms with E-state index in [4.69, 9.17) is 0 Å². The van der Waals surface area contributed by atoms with Crippen LogP contribution < -0.4 is 9.80 Å². The number of anilines is 2. The van der Waals surface area contributed by atoms with E-state index in [9.17, 15) is 13.6 Å². The molecule has 4 aromatic rings. The Morgan fingerprint density at radius 2 is 1.49 bits per heavy atom.